The lowest BCUT2D eigenvalue weighted by Crippen LogP contribution is -2.21. The second-order valence-electron chi connectivity index (χ2n) is 3.26. The van der Waals surface area contributed by atoms with Gasteiger partial charge in [-0.25, -0.2) is 4.99 Å². The number of hydrogen-bond donors (Lipinski definition) is 1. The predicted octanol–water partition coefficient (Wildman–Crippen LogP) is 1.52. The summed E-state index contributed by atoms with van der Waals surface area (Å²) < 4.78 is 0. The molecular weight excluding hydrogens is 162 g/mol. The van der Waals surface area contributed by atoms with E-state index in [4.69, 9.17) is 5.73 Å². The quantitative estimate of drug-likeness (QED) is 0.649. The Bertz CT molecular complexity index is 344. The Morgan fingerprint density at radius 1 is 1.38 bits per heavy atom. The van der Waals surface area contributed by atoms with Crippen LogP contribution in [0.5, 0.6) is 0 Å². The van der Waals surface area contributed by atoms with Crippen LogP contribution in [0.3, 0.4) is 0 Å². The largest absolute Gasteiger partial charge is 0.387 e. The highest BCUT2D eigenvalue weighted by Crippen LogP contribution is 2.29. The van der Waals surface area contributed by atoms with Gasteiger partial charge < -0.3 is 10.6 Å². The van der Waals surface area contributed by atoms with E-state index in [-0.39, 0.29) is 0 Å². The van der Waals surface area contributed by atoms with Gasteiger partial charge in [0.15, 0.2) is 0 Å². The van der Waals surface area contributed by atoms with E-state index in [0.717, 1.165) is 30.2 Å². The number of anilines is 1. The third kappa shape index (κ3) is 1.49. The molecule has 3 nitrogen and oxygen atoms in total. The summed E-state index contributed by atoms with van der Waals surface area (Å²) in [7, 11) is 2.06. The SMILES string of the molecule is CN1CCC(N)=Nc2ccccc21. The molecule has 0 saturated heterocycles. The monoisotopic (exact) mass is 175 g/mol. The number of nitrogens with zero attached hydrogens (tertiary/aromatic N) is 2. The first-order valence-electron chi connectivity index (χ1n) is 4.40. The van der Waals surface area contributed by atoms with Crippen molar-refractivity contribution in [2.45, 2.75) is 6.42 Å². The van der Waals surface area contributed by atoms with Crippen molar-refractivity contribution in [2.24, 2.45) is 10.7 Å². The summed E-state index contributed by atoms with van der Waals surface area (Å²) in [4.78, 5) is 6.52. The van der Waals surface area contributed by atoms with Crippen LogP contribution in [0, 0.1) is 0 Å². The molecule has 1 aromatic carbocycles. The van der Waals surface area contributed by atoms with Crippen LogP contribution < -0.4 is 10.6 Å². The van der Waals surface area contributed by atoms with Crippen LogP contribution in [-0.2, 0) is 0 Å². The third-order valence-electron chi connectivity index (χ3n) is 2.26. The lowest BCUT2D eigenvalue weighted by atomic mass is 10.2. The molecular formula is C10H13N3. The summed E-state index contributed by atoms with van der Waals surface area (Å²) in [6, 6.07) is 8.06. The van der Waals surface area contributed by atoms with Crippen molar-refractivity contribution in [1.29, 1.82) is 0 Å². The van der Waals surface area contributed by atoms with Gasteiger partial charge in [0.2, 0.25) is 0 Å². The van der Waals surface area contributed by atoms with E-state index in [2.05, 4.69) is 23.0 Å². The first kappa shape index (κ1) is 8.10. The molecule has 1 heterocycles. The zero-order valence-corrected chi connectivity index (χ0v) is 7.70. The summed E-state index contributed by atoms with van der Waals surface area (Å²) in [5, 5.41) is 0. The van der Waals surface area contributed by atoms with Crippen molar-refractivity contribution in [3.63, 3.8) is 0 Å². The molecule has 1 aromatic rings. The minimum Gasteiger partial charge on any atom is -0.387 e. The number of fused-ring (bicyclic) bond motifs is 1. The van der Waals surface area contributed by atoms with Crippen LogP contribution in [0.2, 0.25) is 0 Å². The molecule has 0 unspecified atom stereocenters. The van der Waals surface area contributed by atoms with Crippen molar-refractivity contribution in [1.82, 2.24) is 0 Å². The summed E-state index contributed by atoms with van der Waals surface area (Å²) in [5.41, 5.74) is 7.86. The zero-order valence-electron chi connectivity index (χ0n) is 7.70. The predicted molar refractivity (Wildman–Crippen MR) is 55.6 cm³/mol. The maximum atomic E-state index is 5.74. The lowest BCUT2D eigenvalue weighted by molar-refractivity contribution is 0.926. The molecule has 0 spiro atoms. The number of para-hydroxylation sites is 2. The lowest BCUT2D eigenvalue weighted by Gasteiger charge is -2.17. The number of benzene rings is 1. The maximum absolute atomic E-state index is 5.74. The molecule has 0 fully saturated rings. The summed E-state index contributed by atoms with van der Waals surface area (Å²) in [6.45, 7) is 0.937. The van der Waals surface area contributed by atoms with Gasteiger partial charge in [-0.1, -0.05) is 12.1 Å². The maximum Gasteiger partial charge on any atom is 0.101 e. The number of nitrogens with two attached hydrogens (primary N) is 1. The van der Waals surface area contributed by atoms with E-state index in [9.17, 15) is 0 Å². The Morgan fingerprint density at radius 3 is 3.00 bits per heavy atom. The highest BCUT2D eigenvalue weighted by Gasteiger charge is 2.10. The summed E-state index contributed by atoms with van der Waals surface area (Å²) in [6.07, 6.45) is 0.838. The van der Waals surface area contributed by atoms with Crippen molar-refractivity contribution in [2.75, 3.05) is 18.5 Å². The number of rotatable bonds is 0. The van der Waals surface area contributed by atoms with Crippen LogP contribution in [0.15, 0.2) is 29.3 Å². The van der Waals surface area contributed by atoms with Crippen LogP contribution in [0.4, 0.5) is 11.4 Å². The molecule has 2 rings (SSSR count). The minimum atomic E-state index is 0.719. The van der Waals surface area contributed by atoms with Gasteiger partial charge in [0.05, 0.1) is 11.4 Å². The Labute approximate surface area is 77.9 Å². The standard InChI is InChI=1S/C10H13N3/c1-13-7-6-10(11)12-8-4-2-3-5-9(8)13/h2-5H,6-7H2,1H3,(H2,11,12). The van der Waals surface area contributed by atoms with E-state index in [1.165, 1.54) is 0 Å². The average Bonchev–Trinajstić information content (AvgIpc) is 2.27. The van der Waals surface area contributed by atoms with Gasteiger partial charge in [-0.15, -0.1) is 0 Å². The van der Waals surface area contributed by atoms with E-state index in [1.54, 1.807) is 0 Å². The van der Waals surface area contributed by atoms with Crippen LogP contribution >= 0.6 is 0 Å². The topological polar surface area (TPSA) is 41.6 Å². The molecule has 0 aliphatic carbocycles. The molecule has 0 aromatic heterocycles. The summed E-state index contributed by atoms with van der Waals surface area (Å²) >= 11 is 0. The molecule has 3 heteroatoms. The zero-order chi connectivity index (χ0) is 9.26. The average molecular weight is 175 g/mol. The second-order valence-corrected chi connectivity index (χ2v) is 3.26. The van der Waals surface area contributed by atoms with Gasteiger partial charge in [0.1, 0.15) is 5.84 Å². The van der Waals surface area contributed by atoms with E-state index < -0.39 is 0 Å². The molecule has 0 amide bonds. The molecule has 68 valence electrons. The van der Waals surface area contributed by atoms with Crippen LogP contribution in [0.25, 0.3) is 0 Å². The fraction of sp³-hybridized carbons (Fsp3) is 0.300. The van der Waals surface area contributed by atoms with Crippen molar-refractivity contribution < 1.29 is 0 Å². The van der Waals surface area contributed by atoms with E-state index >= 15 is 0 Å². The van der Waals surface area contributed by atoms with E-state index in [1.807, 2.05) is 18.2 Å². The van der Waals surface area contributed by atoms with Crippen molar-refractivity contribution in [3.8, 4) is 0 Å². The van der Waals surface area contributed by atoms with Gasteiger partial charge in [0, 0.05) is 20.0 Å². The Morgan fingerprint density at radius 2 is 2.15 bits per heavy atom. The molecule has 0 radical (unpaired) electrons. The van der Waals surface area contributed by atoms with Crippen LogP contribution in [0.1, 0.15) is 6.42 Å². The molecule has 2 N–H and O–H groups in total. The minimum absolute atomic E-state index is 0.719. The normalized spacial score (nSPS) is 16.1. The first-order valence-corrected chi connectivity index (χ1v) is 4.40. The Kier molecular flexibility index (Phi) is 1.93. The van der Waals surface area contributed by atoms with Gasteiger partial charge in [0.25, 0.3) is 0 Å². The number of hydrogen-bond acceptors (Lipinski definition) is 3. The smallest absolute Gasteiger partial charge is 0.101 e. The number of aliphatic imine (C=N–C) groups is 1. The molecule has 13 heavy (non-hydrogen) atoms. The van der Waals surface area contributed by atoms with Crippen LogP contribution in [-0.4, -0.2) is 19.4 Å². The fourth-order valence-corrected chi connectivity index (χ4v) is 1.49. The highest BCUT2D eigenvalue weighted by molar-refractivity contribution is 5.87. The molecule has 0 saturated carbocycles. The second kappa shape index (κ2) is 3.09. The first-order chi connectivity index (χ1) is 6.27. The third-order valence-corrected chi connectivity index (χ3v) is 2.26. The molecule has 1 aliphatic heterocycles. The molecule has 0 bridgehead atoms. The number of amidine groups is 1. The van der Waals surface area contributed by atoms with Gasteiger partial charge in [-0.2, -0.15) is 0 Å². The fourth-order valence-electron chi connectivity index (χ4n) is 1.49. The summed E-state index contributed by atoms with van der Waals surface area (Å²) in [5.74, 6) is 0.719. The molecule has 0 atom stereocenters. The highest BCUT2D eigenvalue weighted by atomic mass is 15.1. The van der Waals surface area contributed by atoms with Gasteiger partial charge >= 0.3 is 0 Å². The van der Waals surface area contributed by atoms with Gasteiger partial charge in [-0.3, -0.25) is 0 Å². The molecule has 1 aliphatic rings. The Balaban J connectivity index is 2.50. The van der Waals surface area contributed by atoms with E-state index in [0.29, 0.717) is 0 Å². The van der Waals surface area contributed by atoms with Crippen molar-refractivity contribution >= 4 is 17.2 Å². The van der Waals surface area contributed by atoms with Crippen molar-refractivity contribution in [3.05, 3.63) is 24.3 Å². The van der Waals surface area contributed by atoms with Gasteiger partial charge in [-0.05, 0) is 12.1 Å². The Hall–Kier alpha value is -1.51.